The van der Waals surface area contributed by atoms with Crippen LogP contribution in [0.4, 0.5) is 13.9 Å². The molecule has 0 saturated carbocycles. The molecule has 1 unspecified atom stereocenters. The standard InChI is InChI=1S/C23H31F2N5OS/c1-2-4-16-5-3-8-30(15-16)18-6-9-29(10-7-18)23-28-14-21(32-23)22(31)27-13-20-19(25)11-17(24)12-26-20/h11-12,14,16,18H,2-10,13,15H2,1H3,(H,27,31). The average molecular weight is 464 g/mol. The number of likely N-dealkylation sites (tertiary alicyclic amines) is 1. The third kappa shape index (κ3) is 5.61. The molecule has 2 aromatic heterocycles. The van der Waals surface area contributed by atoms with E-state index in [0.29, 0.717) is 10.9 Å². The van der Waals surface area contributed by atoms with Crippen LogP contribution in [0, 0.1) is 17.6 Å². The van der Waals surface area contributed by atoms with Crippen molar-refractivity contribution < 1.29 is 13.6 Å². The van der Waals surface area contributed by atoms with E-state index in [1.807, 2.05) is 0 Å². The first kappa shape index (κ1) is 23.0. The maximum atomic E-state index is 13.7. The van der Waals surface area contributed by atoms with Crippen LogP contribution in [-0.4, -0.2) is 53.0 Å². The lowest BCUT2D eigenvalue weighted by molar-refractivity contribution is 0.0954. The van der Waals surface area contributed by atoms with Crippen LogP contribution in [0.25, 0.3) is 0 Å². The number of piperidine rings is 2. The van der Waals surface area contributed by atoms with Crippen molar-refractivity contribution >= 4 is 22.4 Å². The molecule has 0 spiro atoms. The molecule has 0 bridgehead atoms. The Morgan fingerprint density at radius 3 is 2.75 bits per heavy atom. The van der Waals surface area contributed by atoms with Gasteiger partial charge < -0.3 is 10.2 Å². The highest BCUT2D eigenvalue weighted by molar-refractivity contribution is 7.17. The minimum Gasteiger partial charge on any atom is -0.348 e. The Morgan fingerprint density at radius 2 is 2.00 bits per heavy atom. The molecule has 174 valence electrons. The number of hydrogen-bond donors (Lipinski definition) is 1. The highest BCUT2D eigenvalue weighted by atomic mass is 32.1. The Bertz CT molecular complexity index is 914. The molecular formula is C23H31F2N5OS. The highest BCUT2D eigenvalue weighted by Gasteiger charge is 2.29. The van der Waals surface area contributed by atoms with Gasteiger partial charge in [-0.2, -0.15) is 0 Å². The number of nitrogens with one attached hydrogen (secondary N) is 1. The topological polar surface area (TPSA) is 61.4 Å². The van der Waals surface area contributed by atoms with Gasteiger partial charge in [-0.1, -0.05) is 24.7 Å². The second-order valence-corrected chi connectivity index (χ2v) is 9.79. The van der Waals surface area contributed by atoms with Crippen molar-refractivity contribution in [1.82, 2.24) is 20.2 Å². The number of rotatable bonds is 7. The molecule has 1 atom stereocenters. The van der Waals surface area contributed by atoms with E-state index in [1.165, 1.54) is 50.1 Å². The van der Waals surface area contributed by atoms with Crippen LogP contribution in [0.15, 0.2) is 18.5 Å². The Morgan fingerprint density at radius 1 is 1.19 bits per heavy atom. The summed E-state index contributed by atoms with van der Waals surface area (Å²) in [5.74, 6) is -0.989. The van der Waals surface area contributed by atoms with Gasteiger partial charge in [0.15, 0.2) is 5.13 Å². The summed E-state index contributed by atoms with van der Waals surface area (Å²) in [7, 11) is 0. The van der Waals surface area contributed by atoms with E-state index in [1.54, 1.807) is 6.20 Å². The van der Waals surface area contributed by atoms with Crippen LogP contribution in [0.3, 0.4) is 0 Å². The van der Waals surface area contributed by atoms with Crippen LogP contribution in [-0.2, 0) is 6.54 Å². The highest BCUT2D eigenvalue weighted by Crippen LogP contribution is 2.29. The monoisotopic (exact) mass is 463 g/mol. The molecule has 0 aromatic carbocycles. The lowest BCUT2D eigenvalue weighted by Gasteiger charge is -2.42. The third-order valence-electron chi connectivity index (χ3n) is 6.52. The first-order valence-corrected chi connectivity index (χ1v) is 12.4. The van der Waals surface area contributed by atoms with Gasteiger partial charge in [0.05, 0.1) is 24.6 Å². The van der Waals surface area contributed by atoms with E-state index in [0.717, 1.165) is 49.2 Å². The number of thiazole rings is 1. The van der Waals surface area contributed by atoms with E-state index in [4.69, 9.17) is 0 Å². The number of anilines is 1. The fraction of sp³-hybridized carbons (Fsp3) is 0.609. The van der Waals surface area contributed by atoms with Gasteiger partial charge in [-0.25, -0.2) is 13.8 Å². The average Bonchev–Trinajstić information content (AvgIpc) is 3.29. The number of aromatic nitrogens is 2. The third-order valence-corrected chi connectivity index (χ3v) is 7.57. The van der Waals surface area contributed by atoms with Gasteiger partial charge >= 0.3 is 0 Å². The van der Waals surface area contributed by atoms with Crippen molar-refractivity contribution in [3.8, 4) is 0 Å². The number of carbonyl (C=O) groups excluding carboxylic acids is 1. The van der Waals surface area contributed by atoms with Crippen LogP contribution in [0.2, 0.25) is 0 Å². The second kappa shape index (κ2) is 10.7. The summed E-state index contributed by atoms with van der Waals surface area (Å²) < 4.78 is 26.7. The second-order valence-electron chi connectivity index (χ2n) is 8.78. The van der Waals surface area contributed by atoms with Crippen molar-refractivity contribution in [2.24, 2.45) is 5.92 Å². The molecule has 2 aliphatic heterocycles. The van der Waals surface area contributed by atoms with Crippen LogP contribution in [0.1, 0.15) is 60.8 Å². The fourth-order valence-electron chi connectivity index (χ4n) is 4.84. The van der Waals surface area contributed by atoms with E-state index in [9.17, 15) is 13.6 Å². The van der Waals surface area contributed by atoms with Crippen molar-refractivity contribution in [2.45, 2.75) is 58.0 Å². The summed E-state index contributed by atoms with van der Waals surface area (Å²) in [6.07, 6.45) is 10.0. The van der Waals surface area contributed by atoms with E-state index in [-0.39, 0.29) is 18.1 Å². The molecular weight excluding hydrogens is 432 g/mol. The maximum absolute atomic E-state index is 13.7. The largest absolute Gasteiger partial charge is 0.348 e. The van der Waals surface area contributed by atoms with E-state index >= 15 is 0 Å². The number of amides is 1. The molecule has 2 aliphatic rings. The van der Waals surface area contributed by atoms with Gasteiger partial charge in [-0.05, 0) is 44.6 Å². The molecule has 4 heterocycles. The zero-order chi connectivity index (χ0) is 22.5. The number of hydrogen-bond acceptors (Lipinski definition) is 6. The summed E-state index contributed by atoms with van der Waals surface area (Å²) in [4.78, 5) is 26.0. The molecule has 2 saturated heterocycles. The molecule has 2 fully saturated rings. The zero-order valence-corrected chi connectivity index (χ0v) is 19.3. The summed E-state index contributed by atoms with van der Waals surface area (Å²) in [5, 5.41) is 3.49. The zero-order valence-electron chi connectivity index (χ0n) is 18.5. The van der Waals surface area contributed by atoms with Gasteiger partial charge in [0.2, 0.25) is 0 Å². The number of nitrogens with zero attached hydrogens (tertiary/aromatic N) is 4. The minimum atomic E-state index is -0.770. The molecule has 0 aliphatic carbocycles. The van der Waals surface area contributed by atoms with E-state index in [2.05, 4.69) is 32.0 Å². The normalized spacial score (nSPS) is 20.5. The SMILES string of the molecule is CCCC1CCCN(C2CCN(c3ncc(C(=O)NCc4ncc(F)cc4F)s3)CC2)C1. The van der Waals surface area contributed by atoms with Gasteiger partial charge in [-0.15, -0.1) is 0 Å². The van der Waals surface area contributed by atoms with E-state index < -0.39 is 11.6 Å². The van der Waals surface area contributed by atoms with Crippen molar-refractivity contribution in [2.75, 3.05) is 31.1 Å². The molecule has 32 heavy (non-hydrogen) atoms. The van der Waals surface area contributed by atoms with Crippen molar-refractivity contribution in [1.29, 1.82) is 0 Å². The smallest absolute Gasteiger partial charge is 0.263 e. The summed E-state index contributed by atoms with van der Waals surface area (Å²) in [5.41, 5.74) is 0.00505. The molecule has 4 rings (SSSR count). The van der Waals surface area contributed by atoms with Gasteiger partial charge in [0.25, 0.3) is 5.91 Å². The molecule has 6 nitrogen and oxygen atoms in total. The Kier molecular flexibility index (Phi) is 7.67. The van der Waals surface area contributed by atoms with Gasteiger partial charge in [0.1, 0.15) is 16.5 Å². The summed E-state index contributed by atoms with van der Waals surface area (Å²) in [6, 6.07) is 1.41. The minimum absolute atomic E-state index is 0.00505. The first-order chi connectivity index (χ1) is 15.5. The maximum Gasteiger partial charge on any atom is 0.263 e. The Labute approximate surface area is 192 Å². The Hall–Kier alpha value is -2.13. The van der Waals surface area contributed by atoms with Crippen LogP contribution in [0.5, 0.6) is 0 Å². The van der Waals surface area contributed by atoms with Gasteiger partial charge in [-0.3, -0.25) is 14.7 Å². The van der Waals surface area contributed by atoms with Crippen LogP contribution < -0.4 is 10.2 Å². The predicted molar refractivity (Wildman–Crippen MR) is 122 cm³/mol. The Balaban J connectivity index is 1.27. The fourth-order valence-corrected chi connectivity index (χ4v) is 5.72. The molecule has 1 amide bonds. The lowest BCUT2D eigenvalue weighted by atomic mass is 9.91. The molecule has 0 radical (unpaired) electrons. The van der Waals surface area contributed by atoms with Crippen molar-refractivity contribution in [3.63, 3.8) is 0 Å². The first-order valence-electron chi connectivity index (χ1n) is 11.6. The van der Waals surface area contributed by atoms with Crippen molar-refractivity contribution in [3.05, 3.63) is 40.7 Å². The quantitative estimate of drug-likeness (QED) is 0.666. The lowest BCUT2D eigenvalue weighted by Crippen LogP contribution is -2.48. The number of halogens is 2. The summed E-state index contributed by atoms with van der Waals surface area (Å²) >= 11 is 1.35. The number of pyridine rings is 1. The number of carbonyl (C=O) groups is 1. The molecule has 1 N–H and O–H groups in total. The molecule has 2 aromatic rings. The van der Waals surface area contributed by atoms with Crippen LogP contribution >= 0.6 is 11.3 Å². The predicted octanol–water partition coefficient (Wildman–Crippen LogP) is 4.23. The molecule has 9 heteroatoms. The van der Waals surface area contributed by atoms with Gasteiger partial charge in [0, 0.05) is 31.7 Å². The summed E-state index contributed by atoms with van der Waals surface area (Å²) in [6.45, 7) is 6.52.